The van der Waals surface area contributed by atoms with Crippen LogP contribution in [0.4, 0.5) is 35.1 Å². The van der Waals surface area contributed by atoms with Crippen LogP contribution in [-0.2, 0) is 15.6 Å². The van der Waals surface area contributed by atoms with Crippen LogP contribution in [0.2, 0.25) is 0 Å². The third kappa shape index (κ3) is 7.20. The monoisotopic (exact) mass is 634 g/mol. The van der Waals surface area contributed by atoms with Crippen LogP contribution in [0.1, 0.15) is 37.2 Å². The summed E-state index contributed by atoms with van der Waals surface area (Å²) >= 11 is 0. The van der Waals surface area contributed by atoms with Crippen molar-refractivity contribution in [2.24, 2.45) is 5.92 Å². The molecule has 0 aromatic heterocycles. The Hall–Kier alpha value is -4.22. The van der Waals surface area contributed by atoms with Crippen molar-refractivity contribution in [3.63, 3.8) is 0 Å². The molecule has 1 aliphatic rings. The molecule has 4 aromatic rings. The molecule has 0 radical (unpaired) electrons. The third-order valence-electron chi connectivity index (χ3n) is 7.28. The third-order valence-corrected chi connectivity index (χ3v) is 7.28. The van der Waals surface area contributed by atoms with Gasteiger partial charge in [0, 0.05) is 29.2 Å². The standard InChI is InChI=1S/C34H26F8O3/c1-2-3-4-5-19-17-43-33(44-18-19)21-8-6-20(7-9-21)22-10-11-25(26(35)12-22)23-13-27(36)31(28(37)14-23)34(41,42)45-24-15-29(38)32(40)30(39)16-24/h2-3,6-16,19,33H,4-5,17-18H2,1H3. The zero-order valence-corrected chi connectivity index (χ0v) is 23.7. The Morgan fingerprint density at radius 2 is 1.31 bits per heavy atom. The Labute approximate surface area is 253 Å². The first-order chi connectivity index (χ1) is 21.5. The van der Waals surface area contributed by atoms with E-state index in [1.54, 1.807) is 24.3 Å². The lowest BCUT2D eigenvalue weighted by Gasteiger charge is -2.29. The molecule has 1 saturated heterocycles. The molecule has 5 rings (SSSR count). The Morgan fingerprint density at radius 1 is 0.733 bits per heavy atom. The summed E-state index contributed by atoms with van der Waals surface area (Å²) < 4.78 is 130. The van der Waals surface area contributed by atoms with Gasteiger partial charge in [0.15, 0.2) is 23.7 Å². The molecule has 1 heterocycles. The van der Waals surface area contributed by atoms with Crippen LogP contribution >= 0.6 is 0 Å². The van der Waals surface area contributed by atoms with Crippen LogP contribution in [0.5, 0.6) is 5.75 Å². The first kappa shape index (κ1) is 32.2. The molecule has 1 aliphatic heterocycles. The van der Waals surface area contributed by atoms with Gasteiger partial charge >= 0.3 is 6.11 Å². The van der Waals surface area contributed by atoms with Crippen molar-refractivity contribution in [1.82, 2.24) is 0 Å². The molecular weight excluding hydrogens is 608 g/mol. The van der Waals surface area contributed by atoms with Crippen molar-refractivity contribution in [3.8, 4) is 28.0 Å². The van der Waals surface area contributed by atoms with E-state index in [2.05, 4.69) is 10.8 Å². The molecule has 236 valence electrons. The van der Waals surface area contributed by atoms with Gasteiger partial charge in [-0.2, -0.15) is 8.78 Å². The van der Waals surface area contributed by atoms with Crippen molar-refractivity contribution in [1.29, 1.82) is 0 Å². The van der Waals surface area contributed by atoms with E-state index in [9.17, 15) is 30.7 Å². The number of hydrogen-bond acceptors (Lipinski definition) is 3. The number of allylic oxidation sites excluding steroid dienone is 2. The average Bonchev–Trinajstić information content (AvgIpc) is 2.99. The van der Waals surface area contributed by atoms with Crippen molar-refractivity contribution < 1.29 is 49.3 Å². The summed E-state index contributed by atoms with van der Waals surface area (Å²) in [5, 5.41) is 0. The van der Waals surface area contributed by atoms with E-state index in [4.69, 9.17) is 9.47 Å². The number of ether oxygens (including phenoxy) is 3. The fraction of sp³-hybridized carbons (Fsp3) is 0.235. The van der Waals surface area contributed by atoms with E-state index in [-0.39, 0.29) is 17.7 Å². The van der Waals surface area contributed by atoms with Crippen molar-refractivity contribution in [3.05, 3.63) is 125 Å². The van der Waals surface area contributed by atoms with E-state index in [0.717, 1.165) is 24.5 Å². The van der Waals surface area contributed by atoms with Crippen molar-refractivity contribution >= 4 is 0 Å². The molecular formula is C34H26F8O3. The highest BCUT2D eigenvalue weighted by molar-refractivity contribution is 5.71. The van der Waals surface area contributed by atoms with Gasteiger partial charge in [-0.1, -0.05) is 48.6 Å². The normalized spacial score (nSPS) is 17.2. The molecule has 11 heteroatoms. The minimum atomic E-state index is -4.76. The van der Waals surface area contributed by atoms with Gasteiger partial charge in [0.25, 0.3) is 0 Å². The van der Waals surface area contributed by atoms with Gasteiger partial charge in [-0.05, 0) is 54.7 Å². The minimum Gasteiger partial charge on any atom is -0.429 e. The van der Waals surface area contributed by atoms with Crippen LogP contribution in [0.25, 0.3) is 22.3 Å². The highest BCUT2D eigenvalue weighted by atomic mass is 19.3. The molecule has 3 nitrogen and oxygen atoms in total. The number of benzene rings is 4. The summed E-state index contributed by atoms with van der Waals surface area (Å²) in [6.07, 6.45) is 0.720. The predicted octanol–water partition coefficient (Wildman–Crippen LogP) is 10.0. The van der Waals surface area contributed by atoms with E-state index in [0.29, 0.717) is 42.4 Å². The van der Waals surface area contributed by atoms with Gasteiger partial charge < -0.3 is 14.2 Å². The number of hydrogen-bond donors (Lipinski definition) is 0. The topological polar surface area (TPSA) is 27.7 Å². The maximum Gasteiger partial charge on any atom is 0.432 e. The summed E-state index contributed by atoms with van der Waals surface area (Å²) in [6, 6.07) is 12.1. The Balaban J connectivity index is 1.30. The van der Waals surface area contributed by atoms with E-state index in [1.165, 1.54) is 12.1 Å². The molecule has 0 aliphatic carbocycles. The van der Waals surface area contributed by atoms with Crippen molar-refractivity contribution in [2.45, 2.75) is 32.2 Å². The minimum absolute atomic E-state index is 0.0983. The second-order valence-electron chi connectivity index (χ2n) is 10.5. The van der Waals surface area contributed by atoms with E-state index < -0.39 is 64.2 Å². The average molecular weight is 635 g/mol. The SMILES string of the molecule is CC=CCCC1COC(c2ccc(-c3ccc(-c4cc(F)c(C(F)(F)Oc5cc(F)c(F)c(F)c5)c(F)c4)c(F)c3)cc2)OC1. The zero-order chi connectivity index (χ0) is 32.3. The second-order valence-corrected chi connectivity index (χ2v) is 10.5. The second kappa shape index (κ2) is 13.4. The molecule has 0 N–H and O–H groups in total. The molecule has 45 heavy (non-hydrogen) atoms. The molecule has 4 aromatic carbocycles. The van der Waals surface area contributed by atoms with Gasteiger partial charge in [0.05, 0.1) is 13.2 Å². The summed E-state index contributed by atoms with van der Waals surface area (Å²) in [4.78, 5) is 0. The molecule has 0 amide bonds. The maximum absolute atomic E-state index is 15.2. The molecule has 0 saturated carbocycles. The first-order valence-electron chi connectivity index (χ1n) is 13.9. The smallest absolute Gasteiger partial charge is 0.429 e. The zero-order valence-electron chi connectivity index (χ0n) is 23.7. The van der Waals surface area contributed by atoms with Crippen LogP contribution < -0.4 is 4.74 Å². The van der Waals surface area contributed by atoms with Crippen LogP contribution in [0, 0.1) is 40.8 Å². The Kier molecular flexibility index (Phi) is 9.59. The Bertz CT molecular complexity index is 1650. The lowest BCUT2D eigenvalue weighted by Crippen LogP contribution is -2.27. The van der Waals surface area contributed by atoms with Crippen LogP contribution in [-0.4, -0.2) is 13.2 Å². The summed E-state index contributed by atoms with van der Waals surface area (Å²) in [7, 11) is 0. The number of alkyl halides is 2. The van der Waals surface area contributed by atoms with Gasteiger partial charge in [0.2, 0.25) is 0 Å². The summed E-state index contributed by atoms with van der Waals surface area (Å²) in [5.74, 6) is -11.0. The maximum atomic E-state index is 15.2. The molecule has 0 unspecified atom stereocenters. The van der Waals surface area contributed by atoms with Crippen LogP contribution in [0.15, 0.2) is 78.9 Å². The summed E-state index contributed by atoms with van der Waals surface area (Å²) in [5.41, 5.74) is -0.707. The highest BCUT2D eigenvalue weighted by Gasteiger charge is 2.41. The lowest BCUT2D eigenvalue weighted by atomic mass is 9.97. The van der Waals surface area contributed by atoms with Gasteiger partial charge in [-0.15, -0.1) is 0 Å². The molecule has 1 fully saturated rings. The van der Waals surface area contributed by atoms with E-state index >= 15 is 4.39 Å². The first-order valence-corrected chi connectivity index (χ1v) is 13.9. The van der Waals surface area contributed by atoms with Gasteiger partial charge in [-0.25, -0.2) is 26.3 Å². The quantitative estimate of drug-likeness (QED) is 0.104. The molecule has 0 bridgehead atoms. The van der Waals surface area contributed by atoms with Gasteiger partial charge in [-0.3, -0.25) is 0 Å². The molecule has 0 atom stereocenters. The predicted molar refractivity (Wildman–Crippen MR) is 150 cm³/mol. The summed E-state index contributed by atoms with van der Waals surface area (Å²) in [6.45, 7) is 3.10. The Morgan fingerprint density at radius 3 is 1.89 bits per heavy atom. The van der Waals surface area contributed by atoms with E-state index in [1.807, 2.05) is 13.0 Å². The number of halogens is 8. The van der Waals surface area contributed by atoms with Gasteiger partial charge in [0.1, 0.15) is 28.8 Å². The van der Waals surface area contributed by atoms with Crippen molar-refractivity contribution in [2.75, 3.05) is 13.2 Å². The lowest BCUT2D eigenvalue weighted by molar-refractivity contribution is -0.205. The van der Waals surface area contributed by atoms with Crippen LogP contribution in [0.3, 0.4) is 0 Å². The number of rotatable bonds is 9. The fourth-order valence-corrected chi connectivity index (χ4v) is 4.96. The molecule has 0 spiro atoms. The highest BCUT2D eigenvalue weighted by Crippen LogP contribution is 2.38. The fourth-order valence-electron chi connectivity index (χ4n) is 4.96. The largest absolute Gasteiger partial charge is 0.432 e.